The number of carbonyl (C=O) groups excluding carboxylic acids is 1. The minimum absolute atomic E-state index is 0.175. The van der Waals surface area contributed by atoms with Crippen molar-refractivity contribution in [3.8, 4) is 0 Å². The predicted octanol–water partition coefficient (Wildman–Crippen LogP) is 3.69. The first-order chi connectivity index (χ1) is 9.86. The van der Waals surface area contributed by atoms with Crippen LogP contribution in [0.15, 0.2) is 0 Å². The highest BCUT2D eigenvalue weighted by molar-refractivity contribution is 5.78. The van der Waals surface area contributed by atoms with Gasteiger partial charge >= 0.3 is 0 Å². The van der Waals surface area contributed by atoms with E-state index < -0.39 is 0 Å². The molecule has 124 valence electrons. The summed E-state index contributed by atoms with van der Waals surface area (Å²) in [7, 11) is 0. The molecule has 1 amide bonds. The minimum Gasteiger partial charge on any atom is -0.353 e. The van der Waals surface area contributed by atoms with Crippen molar-refractivity contribution >= 4 is 5.91 Å². The molecule has 1 rings (SSSR count). The van der Waals surface area contributed by atoms with Crippen LogP contribution in [0.3, 0.4) is 0 Å². The minimum atomic E-state index is 0.175. The number of nitrogens with zero attached hydrogens (tertiary/aromatic N) is 1. The van der Waals surface area contributed by atoms with Gasteiger partial charge in [-0.25, -0.2) is 0 Å². The van der Waals surface area contributed by atoms with Crippen LogP contribution in [0.2, 0.25) is 0 Å². The van der Waals surface area contributed by atoms with Crippen molar-refractivity contribution in [1.82, 2.24) is 10.2 Å². The summed E-state index contributed by atoms with van der Waals surface area (Å²) >= 11 is 0. The number of hydrogen-bond acceptors (Lipinski definition) is 2. The summed E-state index contributed by atoms with van der Waals surface area (Å²) in [6.07, 6.45) is 6.64. The van der Waals surface area contributed by atoms with Crippen molar-refractivity contribution in [2.45, 2.75) is 72.8 Å². The Kier molecular flexibility index (Phi) is 8.31. The molecule has 0 spiro atoms. The largest absolute Gasteiger partial charge is 0.353 e. The smallest absolute Gasteiger partial charge is 0.234 e. The summed E-state index contributed by atoms with van der Waals surface area (Å²) in [6.45, 7) is 13.8. The molecule has 1 atom stereocenters. The van der Waals surface area contributed by atoms with Crippen molar-refractivity contribution in [1.29, 1.82) is 0 Å². The molecule has 1 heterocycles. The van der Waals surface area contributed by atoms with E-state index in [1.165, 1.54) is 32.1 Å². The summed E-state index contributed by atoms with van der Waals surface area (Å²) in [5.41, 5.74) is 0. The Morgan fingerprint density at radius 3 is 2.29 bits per heavy atom. The number of rotatable bonds is 8. The highest BCUT2D eigenvalue weighted by Gasteiger charge is 2.21. The zero-order valence-corrected chi connectivity index (χ0v) is 14.8. The van der Waals surface area contributed by atoms with Gasteiger partial charge < -0.3 is 5.32 Å². The molecule has 0 aromatic heterocycles. The molecule has 0 aromatic carbocycles. The Balaban J connectivity index is 2.16. The van der Waals surface area contributed by atoms with Crippen LogP contribution in [0, 0.1) is 17.8 Å². The first kappa shape index (κ1) is 18.5. The number of piperidine rings is 1. The summed E-state index contributed by atoms with van der Waals surface area (Å²) in [5, 5.41) is 2.98. The van der Waals surface area contributed by atoms with Gasteiger partial charge in [-0.15, -0.1) is 0 Å². The van der Waals surface area contributed by atoms with Gasteiger partial charge in [-0.3, -0.25) is 9.69 Å². The van der Waals surface area contributed by atoms with Crippen LogP contribution >= 0.6 is 0 Å². The maximum Gasteiger partial charge on any atom is 0.234 e. The molecule has 0 bridgehead atoms. The second-order valence-electron chi connectivity index (χ2n) is 7.75. The summed E-state index contributed by atoms with van der Waals surface area (Å²) in [5.74, 6) is 2.74. The monoisotopic (exact) mass is 296 g/mol. The topological polar surface area (TPSA) is 32.3 Å². The van der Waals surface area contributed by atoms with E-state index in [1.54, 1.807) is 0 Å². The van der Waals surface area contributed by atoms with E-state index in [2.05, 4.69) is 31.0 Å². The zero-order valence-electron chi connectivity index (χ0n) is 14.8. The standard InChI is InChI=1S/C18H36N2O/c1-14(2)12-16(5)6-7-17-8-10-20(11-9-17)13-18(21)19-15(3)4/h14-17H,6-13H2,1-5H3,(H,19,21). The first-order valence-corrected chi connectivity index (χ1v) is 8.88. The van der Waals surface area contributed by atoms with Crippen LogP contribution in [0.1, 0.15) is 66.7 Å². The first-order valence-electron chi connectivity index (χ1n) is 8.88. The number of likely N-dealkylation sites (tertiary alicyclic amines) is 1. The number of hydrogen-bond donors (Lipinski definition) is 1. The second-order valence-corrected chi connectivity index (χ2v) is 7.75. The van der Waals surface area contributed by atoms with E-state index in [1.807, 2.05) is 13.8 Å². The lowest BCUT2D eigenvalue weighted by atomic mass is 9.86. The van der Waals surface area contributed by atoms with Crippen LogP contribution in [0.25, 0.3) is 0 Å². The van der Waals surface area contributed by atoms with Crippen molar-refractivity contribution in [3.05, 3.63) is 0 Å². The maximum absolute atomic E-state index is 11.8. The average molecular weight is 296 g/mol. The molecule has 1 unspecified atom stereocenters. The van der Waals surface area contributed by atoms with Crippen molar-refractivity contribution in [2.24, 2.45) is 17.8 Å². The Hall–Kier alpha value is -0.570. The molecular weight excluding hydrogens is 260 g/mol. The van der Waals surface area contributed by atoms with Gasteiger partial charge in [0.25, 0.3) is 0 Å². The van der Waals surface area contributed by atoms with Gasteiger partial charge in [0.05, 0.1) is 6.54 Å². The van der Waals surface area contributed by atoms with Gasteiger partial charge in [-0.1, -0.05) is 33.6 Å². The molecule has 0 saturated carbocycles. The zero-order chi connectivity index (χ0) is 15.8. The van der Waals surface area contributed by atoms with Gasteiger partial charge in [-0.2, -0.15) is 0 Å². The van der Waals surface area contributed by atoms with E-state index in [0.29, 0.717) is 6.54 Å². The third-order valence-corrected chi connectivity index (χ3v) is 4.47. The van der Waals surface area contributed by atoms with E-state index in [4.69, 9.17) is 0 Å². The molecule has 0 aliphatic carbocycles. The molecule has 1 aliphatic heterocycles. The molecule has 1 saturated heterocycles. The molecule has 0 aromatic rings. The summed E-state index contributed by atoms with van der Waals surface area (Å²) < 4.78 is 0. The normalized spacial score (nSPS) is 19.2. The van der Waals surface area contributed by atoms with Gasteiger partial charge in [0.1, 0.15) is 0 Å². The lowest BCUT2D eigenvalue weighted by Gasteiger charge is -2.32. The van der Waals surface area contributed by atoms with Crippen LogP contribution in [0.5, 0.6) is 0 Å². The maximum atomic E-state index is 11.8. The Morgan fingerprint density at radius 1 is 1.14 bits per heavy atom. The lowest BCUT2D eigenvalue weighted by Crippen LogP contribution is -2.43. The van der Waals surface area contributed by atoms with Gasteiger partial charge in [0.15, 0.2) is 0 Å². The molecule has 3 nitrogen and oxygen atoms in total. The van der Waals surface area contributed by atoms with Gasteiger partial charge in [0.2, 0.25) is 5.91 Å². The third kappa shape index (κ3) is 8.45. The quantitative estimate of drug-likeness (QED) is 0.741. The molecule has 3 heteroatoms. The molecule has 21 heavy (non-hydrogen) atoms. The lowest BCUT2D eigenvalue weighted by molar-refractivity contribution is -0.123. The van der Waals surface area contributed by atoms with Crippen LogP contribution < -0.4 is 5.32 Å². The molecule has 1 aliphatic rings. The molecule has 1 fully saturated rings. The van der Waals surface area contributed by atoms with Crippen molar-refractivity contribution < 1.29 is 4.79 Å². The molecule has 0 radical (unpaired) electrons. The fourth-order valence-corrected chi connectivity index (χ4v) is 3.45. The Bertz CT molecular complexity index is 294. The number of nitrogens with one attached hydrogen (secondary N) is 1. The van der Waals surface area contributed by atoms with Gasteiger partial charge in [-0.05, 0) is 64.0 Å². The predicted molar refractivity (Wildman–Crippen MR) is 90.3 cm³/mol. The molecule has 1 N–H and O–H groups in total. The fraction of sp³-hybridized carbons (Fsp3) is 0.944. The van der Waals surface area contributed by atoms with Crippen molar-refractivity contribution in [3.63, 3.8) is 0 Å². The number of carbonyl (C=O) groups is 1. The Morgan fingerprint density at radius 2 is 1.76 bits per heavy atom. The van der Waals surface area contributed by atoms with Gasteiger partial charge in [0, 0.05) is 6.04 Å². The van der Waals surface area contributed by atoms with Crippen LogP contribution in [0.4, 0.5) is 0 Å². The summed E-state index contributed by atoms with van der Waals surface area (Å²) in [4.78, 5) is 14.1. The SMILES string of the molecule is CC(C)CC(C)CCC1CCN(CC(=O)NC(C)C)CC1. The van der Waals surface area contributed by atoms with E-state index in [-0.39, 0.29) is 11.9 Å². The highest BCUT2D eigenvalue weighted by atomic mass is 16.2. The fourth-order valence-electron chi connectivity index (χ4n) is 3.45. The second kappa shape index (κ2) is 9.45. The van der Waals surface area contributed by atoms with E-state index in [0.717, 1.165) is 30.8 Å². The third-order valence-electron chi connectivity index (χ3n) is 4.47. The highest BCUT2D eigenvalue weighted by Crippen LogP contribution is 2.25. The van der Waals surface area contributed by atoms with E-state index in [9.17, 15) is 4.79 Å². The van der Waals surface area contributed by atoms with Crippen molar-refractivity contribution in [2.75, 3.05) is 19.6 Å². The van der Waals surface area contributed by atoms with Crippen LogP contribution in [-0.2, 0) is 4.79 Å². The average Bonchev–Trinajstić information content (AvgIpc) is 2.36. The summed E-state index contributed by atoms with van der Waals surface area (Å²) in [6, 6.07) is 0.248. The Labute approximate surface area is 131 Å². The van der Waals surface area contributed by atoms with E-state index >= 15 is 0 Å². The van der Waals surface area contributed by atoms with Crippen LogP contribution in [-0.4, -0.2) is 36.5 Å². The number of amides is 1. The molecular formula is C18H36N2O.